The lowest BCUT2D eigenvalue weighted by molar-refractivity contribution is -0.0573. The topological polar surface area (TPSA) is 20.2 Å². The molecule has 0 bridgehead atoms. The summed E-state index contributed by atoms with van der Waals surface area (Å²) in [5, 5.41) is 10.2. The fourth-order valence-corrected chi connectivity index (χ4v) is 8.67. The largest absolute Gasteiger partial charge is 0.393 e. The first-order valence-corrected chi connectivity index (χ1v) is 12.6. The fraction of sp³-hybridized carbons (Fsp3) is 0.926. The van der Waals surface area contributed by atoms with Crippen molar-refractivity contribution in [2.45, 2.75) is 111 Å². The zero-order valence-electron chi connectivity index (χ0n) is 19.3. The lowest BCUT2D eigenvalue weighted by Gasteiger charge is -2.58. The van der Waals surface area contributed by atoms with Gasteiger partial charge in [0.1, 0.15) is 0 Å². The SMILES string of the molecule is C[C@H](CCC[13CH]([13CH3])[13CH3])[C@H]1CC[C@H]2[C@@H]3CC=C4C[C@@H](O)CC[C@]4(C)[C@H]3CC[C@]12C. The quantitative estimate of drug-likeness (QED) is 0.384. The molecule has 0 unspecified atom stereocenters. The van der Waals surface area contributed by atoms with Crippen molar-refractivity contribution in [3.05, 3.63) is 11.6 Å². The summed E-state index contributed by atoms with van der Waals surface area (Å²) in [6.07, 6.45) is 17.2. The minimum atomic E-state index is -0.0766. The first-order valence-electron chi connectivity index (χ1n) is 12.6. The Morgan fingerprint density at radius 1 is 1.00 bits per heavy atom. The van der Waals surface area contributed by atoms with Crippen molar-refractivity contribution in [2.24, 2.45) is 46.3 Å². The van der Waals surface area contributed by atoms with Crippen LogP contribution >= 0.6 is 0 Å². The van der Waals surface area contributed by atoms with Crippen molar-refractivity contribution in [3.8, 4) is 0 Å². The van der Waals surface area contributed by atoms with Gasteiger partial charge >= 0.3 is 0 Å². The van der Waals surface area contributed by atoms with Crippen molar-refractivity contribution < 1.29 is 5.11 Å². The van der Waals surface area contributed by atoms with E-state index >= 15 is 0 Å². The number of hydrogen-bond acceptors (Lipinski definition) is 1. The lowest BCUT2D eigenvalue weighted by atomic mass is 9.47. The molecule has 0 aromatic rings. The summed E-state index contributed by atoms with van der Waals surface area (Å²) in [5.74, 6) is 5.46. The molecule has 0 amide bonds. The Kier molecular flexibility index (Phi) is 5.80. The van der Waals surface area contributed by atoms with Gasteiger partial charge in [-0.3, -0.25) is 0 Å². The van der Waals surface area contributed by atoms with Gasteiger partial charge in [0.05, 0.1) is 6.10 Å². The van der Waals surface area contributed by atoms with Gasteiger partial charge in [-0.2, -0.15) is 0 Å². The van der Waals surface area contributed by atoms with E-state index in [4.69, 9.17) is 0 Å². The molecule has 4 aliphatic rings. The maximum Gasteiger partial charge on any atom is 0.0577 e. The monoisotopic (exact) mass is 389 g/mol. The Hall–Kier alpha value is -0.300. The highest BCUT2D eigenvalue weighted by Crippen LogP contribution is 2.67. The number of fused-ring (bicyclic) bond motifs is 5. The number of aliphatic hydroxyl groups excluding tert-OH is 1. The van der Waals surface area contributed by atoms with E-state index in [9.17, 15) is 5.11 Å². The predicted molar refractivity (Wildman–Crippen MR) is 119 cm³/mol. The van der Waals surface area contributed by atoms with Crippen molar-refractivity contribution in [1.82, 2.24) is 0 Å². The number of allylic oxidation sites excluding steroid dienone is 1. The third kappa shape index (κ3) is 3.42. The smallest absolute Gasteiger partial charge is 0.0577 e. The van der Waals surface area contributed by atoms with Crippen molar-refractivity contribution in [3.63, 3.8) is 0 Å². The number of rotatable bonds is 5. The van der Waals surface area contributed by atoms with Gasteiger partial charge < -0.3 is 5.11 Å². The molecular weight excluding hydrogens is 343 g/mol. The van der Waals surface area contributed by atoms with E-state index in [-0.39, 0.29) is 6.10 Å². The zero-order chi connectivity index (χ0) is 20.1. The van der Waals surface area contributed by atoms with E-state index in [2.05, 4.69) is 40.7 Å². The molecule has 0 radical (unpaired) electrons. The molecule has 1 heteroatoms. The molecule has 4 rings (SSSR count). The first kappa shape index (κ1) is 21.0. The van der Waals surface area contributed by atoms with Gasteiger partial charge in [-0.1, -0.05) is 65.5 Å². The molecule has 0 saturated heterocycles. The van der Waals surface area contributed by atoms with Gasteiger partial charge in [-0.15, -0.1) is 0 Å². The maximum atomic E-state index is 10.2. The van der Waals surface area contributed by atoms with Crippen LogP contribution in [-0.4, -0.2) is 11.2 Å². The second-order valence-corrected chi connectivity index (χ2v) is 12.2. The summed E-state index contributed by atoms with van der Waals surface area (Å²) in [6.45, 7) is 12.6. The van der Waals surface area contributed by atoms with Gasteiger partial charge in [0, 0.05) is 0 Å². The van der Waals surface area contributed by atoms with E-state index in [1.54, 1.807) is 5.57 Å². The van der Waals surface area contributed by atoms with Crippen molar-refractivity contribution in [2.75, 3.05) is 0 Å². The zero-order valence-corrected chi connectivity index (χ0v) is 19.3. The van der Waals surface area contributed by atoms with Crippen LogP contribution in [0.3, 0.4) is 0 Å². The Labute approximate surface area is 174 Å². The molecule has 0 aromatic carbocycles. The third-order valence-corrected chi connectivity index (χ3v) is 10.3. The summed E-state index contributed by atoms with van der Waals surface area (Å²) in [7, 11) is 0. The normalized spacial score (nSPS) is 46.5. The Morgan fingerprint density at radius 3 is 2.54 bits per heavy atom. The Bertz CT molecular complexity index is 591. The van der Waals surface area contributed by atoms with Crippen LogP contribution < -0.4 is 0 Å². The number of aliphatic hydroxyl groups is 1. The molecule has 3 fully saturated rings. The van der Waals surface area contributed by atoms with E-state index in [0.717, 1.165) is 48.3 Å². The molecule has 4 aliphatic carbocycles. The Morgan fingerprint density at radius 2 is 1.79 bits per heavy atom. The highest BCUT2D eigenvalue weighted by molar-refractivity contribution is 5.25. The van der Waals surface area contributed by atoms with Crippen LogP contribution in [0.25, 0.3) is 0 Å². The standard InChI is InChI=1S/C27H46O/c1-18(2)7-6-8-19(3)23-11-12-24-22-10-9-20-17-21(28)13-15-26(20,4)25(22)14-16-27(23,24)5/h9,18-19,21-25,28H,6-8,10-17H2,1-5H3/t19-,21+,22+,23-,24+,25+,26+,27-/m1/s1/i1+1,2+1,18+1. The van der Waals surface area contributed by atoms with Gasteiger partial charge in [-0.25, -0.2) is 0 Å². The molecular formula is C27H46O. The van der Waals surface area contributed by atoms with Gasteiger partial charge in [0.15, 0.2) is 0 Å². The first-order chi connectivity index (χ1) is 13.3. The minimum absolute atomic E-state index is 0.0766. The van der Waals surface area contributed by atoms with E-state index in [1.807, 2.05) is 0 Å². The van der Waals surface area contributed by atoms with E-state index < -0.39 is 0 Å². The molecule has 8 atom stereocenters. The maximum absolute atomic E-state index is 10.2. The molecule has 1 N–H and O–H groups in total. The molecule has 28 heavy (non-hydrogen) atoms. The average molecular weight is 390 g/mol. The summed E-state index contributed by atoms with van der Waals surface area (Å²) in [5.41, 5.74) is 2.60. The second-order valence-electron chi connectivity index (χ2n) is 12.2. The third-order valence-electron chi connectivity index (χ3n) is 10.3. The van der Waals surface area contributed by atoms with E-state index in [0.29, 0.717) is 10.8 Å². The highest BCUT2D eigenvalue weighted by atomic mass is 16.3. The van der Waals surface area contributed by atoms with Crippen LogP contribution in [0.15, 0.2) is 11.6 Å². The highest BCUT2D eigenvalue weighted by Gasteiger charge is 2.59. The molecule has 0 aliphatic heterocycles. The lowest BCUT2D eigenvalue weighted by Crippen LogP contribution is -2.50. The minimum Gasteiger partial charge on any atom is -0.393 e. The molecule has 3 saturated carbocycles. The van der Waals surface area contributed by atoms with Gasteiger partial charge in [-0.05, 0) is 97.7 Å². The molecule has 1 nitrogen and oxygen atoms in total. The van der Waals surface area contributed by atoms with Crippen LogP contribution in [0.2, 0.25) is 0 Å². The van der Waals surface area contributed by atoms with Crippen LogP contribution in [-0.2, 0) is 0 Å². The van der Waals surface area contributed by atoms with Gasteiger partial charge in [0.2, 0.25) is 0 Å². The molecule has 0 aromatic heterocycles. The van der Waals surface area contributed by atoms with E-state index in [1.165, 1.54) is 57.8 Å². The second kappa shape index (κ2) is 7.75. The van der Waals surface area contributed by atoms with Crippen LogP contribution in [0.5, 0.6) is 0 Å². The molecule has 0 spiro atoms. The Balaban J connectivity index is 1.49. The predicted octanol–water partition coefficient (Wildman–Crippen LogP) is 7.39. The summed E-state index contributed by atoms with van der Waals surface area (Å²) in [4.78, 5) is 0. The van der Waals surface area contributed by atoms with Gasteiger partial charge in [0.25, 0.3) is 0 Å². The van der Waals surface area contributed by atoms with Crippen LogP contribution in [0, 0.1) is 46.3 Å². The molecule has 0 heterocycles. The number of hydrogen-bond donors (Lipinski definition) is 1. The van der Waals surface area contributed by atoms with Crippen LogP contribution in [0.1, 0.15) is 105 Å². The summed E-state index contributed by atoms with van der Waals surface area (Å²) in [6, 6.07) is 0. The van der Waals surface area contributed by atoms with Crippen molar-refractivity contribution in [1.29, 1.82) is 0 Å². The fourth-order valence-electron chi connectivity index (χ4n) is 8.67. The summed E-state index contributed by atoms with van der Waals surface area (Å²) >= 11 is 0. The summed E-state index contributed by atoms with van der Waals surface area (Å²) < 4.78 is 0. The van der Waals surface area contributed by atoms with Crippen molar-refractivity contribution >= 4 is 0 Å². The average Bonchev–Trinajstić information content (AvgIpc) is 2.99. The van der Waals surface area contributed by atoms with Crippen LogP contribution in [0.4, 0.5) is 0 Å². The molecule has 160 valence electrons.